The standard InChI is InChI=1S/C52H28F4N4O4S4/c1-59-35(21-57)39-25-17-31(53)33(55)19-27(25)43(61)29(39)13-23-15-37-45(65-23)47-41(51(63-37)9-5-3-6-10-51)49-50(67-47)42-48(68-49)46-38(64-52(42)11-7-4-8-12-52)16-24(66-46)14-30-40(36(22-58)60-2)26-18-32(54)34(56)20-28(26)44(30)62/h13-20H,3-12H2/b29-13-,30-14-,39-35-,40-36+. The quantitative estimate of drug-likeness (QED) is 0.0740. The van der Waals surface area contributed by atoms with E-state index < -0.39 is 57.4 Å². The molecule has 4 aromatic heterocycles. The molecule has 12 rings (SSSR count). The molecule has 6 aliphatic rings. The number of ketones is 2. The first-order chi connectivity index (χ1) is 32.9. The van der Waals surface area contributed by atoms with Crippen molar-refractivity contribution in [3.63, 3.8) is 0 Å². The summed E-state index contributed by atoms with van der Waals surface area (Å²) in [5, 5.41) is 19.8. The molecule has 2 fully saturated rings. The second-order valence-electron chi connectivity index (χ2n) is 17.6. The number of nitrogens with zero attached hydrogens (tertiary/aromatic N) is 4. The smallest absolute Gasteiger partial charge is 0.270 e. The van der Waals surface area contributed by atoms with Crippen LogP contribution in [0.5, 0.6) is 11.5 Å². The Hall–Kier alpha value is -6.92. The maximum Gasteiger partial charge on any atom is 0.270 e. The fourth-order valence-corrected chi connectivity index (χ4v) is 16.6. The van der Waals surface area contributed by atoms with E-state index in [2.05, 4.69) is 9.69 Å². The Morgan fingerprint density at radius 2 is 0.926 bits per heavy atom. The number of thiophene rings is 4. The van der Waals surface area contributed by atoms with Gasteiger partial charge in [-0.15, -0.1) is 45.3 Å². The van der Waals surface area contributed by atoms with Crippen molar-refractivity contribution in [2.24, 2.45) is 0 Å². The first-order valence-electron chi connectivity index (χ1n) is 21.7. The Balaban J connectivity index is 1.02. The molecule has 0 unspecified atom stereocenters. The van der Waals surface area contributed by atoms with Crippen molar-refractivity contribution in [3.8, 4) is 43.1 Å². The lowest BCUT2D eigenvalue weighted by Gasteiger charge is -2.41. The first-order valence-corrected chi connectivity index (χ1v) is 25.0. The summed E-state index contributed by atoms with van der Waals surface area (Å²) in [4.78, 5) is 39.5. The molecule has 4 aliphatic carbocycles. The van der Waals surface area contributed by atoms with Gasteiger partial charge in [-0.3, -0.25) is 9.59 Å². The van der Waals surface area contributed by atoms with Gasteiger partial charge < -0.3 is 9.47 Å². The number of benzene rings is 2. The van der Waals surface area contributed by atoms with E-state index in [9.17, 15) is 37.7 Å². The molecule has 8 nitrogen and oxygen atoms in total. The van der Waals surface area contributed by atoms with E-state index in [1.54, 1.807) is 34.8 Å². The number of fused-ring (bicyclic) bond motifs is 13. The SMILES string of the molecule is [C-]#[N+]/C(C#N)=C1\C(=C\c2cc3c(s2)-c2sc4c5c(sc4c2C2(CCCCC2)O3)-c2sc(/C=C3\C(=O)c4cc(F)c(F)cc4\C3=C(\C#N)[N+]#[C-])cc2OC52CCCCC2)C(=O)c2cc(F)c(F)cc21. The second kappa shape index (κ2) is 15.3. The summed E-state index contributed by atoms with van der Waals surface area (Å²) < 4.78 is 74.7. The molecule has 0 amide bonds. The van der Waals surface area contributed by atoms with E-state index in [4.69, 9.17) is 22.6 Å². The molecule has 2 aromatic carbocycles. The molecule has 2 saturated carbocycles. The fourth-order valence-electron chi connectivity index (χ4n) is 11.0. The number of allylic oxidation sites excluding steroid dienone is 6. The Morgan fingerprint density at radius 1 is 0.559 bits per heavy atom. The Kier molecular flexibility index (Phi) is 9.55. The minimum absolute atomic E-state index is 0.00287. The highest BCUT2D eigenvalue weighted by molar-refractivity contribution is 7.34. The van der Waals surface area contributed by atoms with Crippen LogP contribution in [0.3, 0.4) is 0 Å². The normalized spacial score (nSPS) is 20.6. The van der Waals surface area contributed by atoms with Gasteiger partial charge in [0.15, 0.2) is 34.8 Å². The highest BCUT2D eigenvalue weighted by Crippen LogP contribution is 2.66. The largest absolute Gasteiger partial charge is 0.481 e. The minimum Gasteiger partial charge on any atom is -0.481 e. The van der Waals surface area contributed by atoms with Crippen LogP contribution in [0, 0.1) is 59.1 Å². The van der Waals surface area contributed by atoms with Gasteiger partial charge in [0.25, 0.3) is 11.4 Å². The van der Waals surface area contributed by atoms with Crippen LogP contribution in [0.25, 0.3) is 61.9 Å². The van der Waals surface area contributed by atoms with Crippen molar-refractivity contribution < 1.29 is 36.6 Å². The Bertz CT molecular complexity index is 3420. The number of nitriles is 2. The van der Waals surface area contributed by atoms with Crippen molar-refractivity contribution in [2.45, 2.75) is 75.4 Å². The van der Waals surface area contributed by atoms with Crippen molar-refractivity contribution in [2.75, 3.05) is 0 Å². The van der Waals surface area contributed by atoms with Crippen molar-refractivity contribution in [1.29, 1.82) is 10.5 Å². The van der Waals surface area contributed by atoms with E-state index in [0.717, 1.165) is 129 Å². The molecule has 68 heavy (non-hydrogen) atoms. The van der Waals surface area contributed by atoms with E-state index in [-0.39, 0.29) is 44.5 Å². The van der Waals surface area contributed by atoms with Gasteiger partial charge in [0, 0.05) is 54.3 Å². The van der Waals surface area contributed by atoms with Crippen molar-refractivity contribution in [3.05, 3.63) is 148 Å². The lowest BCUT2D eigenvalue weighted by Crippen LogP contribution is -2.37. The third-order valence-electron chi connectivity index (χ3n) is 13.9. The number of rotatable bonds is 2. The van der Waals surface area contributed by atoms with Gasteiger partial charge in [0.1, 0.15) is 22.7 Å². The maximum absolute atomic E-state index is 14.6. The molecule has 6 aromatic rings. The zero-order valence-corrected chi connectivity index (χ0v) is 38.5. The molecule has 0 bridgehead atoms. The number of Topliss-reactive ketones (excluding diaryl/α,β-unsaturated/α-hetero) is 2. The van der Waals surface area contributed by atoms with Crippen LogP contribution < -0.4 is 9.47 Å². The van der Waals surface area contributed by atoms with Crippen molar-refractivity contribution in [1.82, 2.24) is 0 Å². The third kappa shape index (κ3) is 5.95. The summed E-state index contributed by atoms with van der Waals surface area (Å²) in [5.74, 6) is -4.74. The zero-order chi connectivity index (χ0) is 47.0. The average Bonchev–Trinajstić information content (AvgIpc) is 4.18. The molecule has 6 heterocycles. The predicted molar refractivity (Wildman–Crippen MR) is 253 cm³/mol. The van der Waals surface area contributed by atoms with E-state index in [0.29, 0.717) is 21.3 Å². The second-order valence-corrected chi connectivity index (χ2v) is 21.8. The van der Waals surface area contributed by atoms with Gasteiger partial charge in [0.2, 0.25) is 0 Å². The van der Waals surface area contributed by atoms with Gasteiger partial charge >= 0.3 is 0 Å². The predicted octanol–water partition coefficient (Wildman–Crippen LogP) is 14.9. The third-order valence-corrected chi connectivity index (χ3v) is 18.9. The molecular weight excluding hydrogens is 949 g/mol. The molecule has 0 atom stereocenters. The number of hydrogen-bond acceptors (Lipinski definition) is 10. The average molecular weight is 977 g/mol. The van der Waals surface area contributed by atoms with E-state index in [1.165, 1.54) is 22.7 Å². The summed E-state index contributed by atoms with van der Waals surface area (Å²) >= 11 is 6.19. The Labute approximate surface area is 401 Å². The molecule has 332 valence electrons. The van der Waals surface area contributed by atoms with Gasteiger partial charge in [0.05, 0.1) is 54.2 Å². The fraction of sp³-hybridized carbons (Fsp3) is 0.231. The molecule has 0 saturated heterocycles. The summed E-state index contributed by atoms with van der Waals surface area (Å²) in [5.41, 5.74) is -0.253. The van der Waals surface area contributed by atoms with Crippen LogP contribution in [-0.4, -0.2) is 11.6 Å². The van der Waals surface area contributed by atoms with Crippen LogP contribution in [0.2, 0.25) is 0 Å². The number of carbonyl (C=O) groups excluding carboxylic acids is 2. The highest BCUT2D eigenvalue weighted by atomic mass is 32.1. The van der Waals surface area contributed by atoms with E-state index in [1.807, 2.05) is 24.3 Å². The summed E-state index contributed by atoms with van der Waals surface area (Å²) in [6.45, 7) is 15.4. The van der Waals surface area contributed by atoms with Crippen LogP contribution in [0.15, 0.2) is 58.9 Å². The molecular formula is C52H28F4N4O4S4. The van der Waals surface area contributed by atoms with Gasteiger partial charge in [-0.1, -0.05) is 12.8 Å². The molecule has 2 aliphatic heterocycles. The molecule has 2 spiro atoms. The van der Waals surface area contributed by atoms with Crippen molar-refractivity contribution >= 4 is 89.6 Å². The number of carbonyl (C=O) groups is 2. The number of ether oxygens (including phenoxy) is 2. The Morgan fingerprint density at radius 3 is 1.28 bits per heavy atom. The van der Waals surface area contributed by atoms with E-state index >= 15 is 0 Å². The molecule has 0 radical (unpaired) electrons. The van der Waals surface area contributed by atoms with Gasteiger partial charge in [-0.05, 0) is 111 Å². The van der Waals surface area contributed by atoms with Crippen LogP contribution in [0.1, 0.15) is 117 Å². The topological polar surface area (TPSA) is 109 Å². The van der Waals surface area contributed by atoms with Gasteiger partial charge in [-0.2, -0.15) is 0 Å². The van der Waals surface area contributed by atoms with Crippen LogP contribution >= 0.6 is 45.3 Å². The van der Waals surface area contributed by atoms with Crippen LogP contribution in [-0.2, 0) is 11.2 Å². The number of hydrogen-bond donors (Lipinski definition) is 0. The first kappa shape index (κ1) is 42.4. The summed E-state index contributed by atoms with van der Waals surface area (Å²) in [6, 6.07) is 10.8. The van der Waals surface area contributed by atoms with Crippen LogP contribution in [0.4, 0.5) is 17.6 Å². The highest BCUT2D eigenvalue weighted by Gasteiger charge is 2.51. The summed E-state index contributed by atoms with van der Waals surface area (Å²) in [7, 11) is 0. The lowest BCUT2D eigenvalue weighted by molar-refractivity contribution is 0.0257. The maximum atomic E-state index is 14.6. The minimum atomic E-state index is -1.21. The molecule has 16 heteroatoms. The van der Waals surface area contributed by atoms with Gasteiger partial charge in [-0.25, -0.2) is 37.8 Å². The monoisotopic (exact) mass is 976 g/mol. The summed E-state index contributed by atoms with van der Waals surface area (Å²) in [6.07, 6.45) is 12.1. The lowest BCUT2D eigenvalue weighted by atomic mass is 9.76. The number of halogens is 4. The molecule has 0 N–H and O–H groups in total. The zero-order valence-electron chi connectivity index (χ0n) is 35.3.